The molecule has 2 aliphatic rings. The number of amides is 1. The second-order valence-corrected chi connectivity index (χ2v) is 7.61. The van der Waals surface area contributed by atoms with Crippen LogP contribution in [0.2, 0.25) is 0 Å². The summed E-state index contributed by atoms with van der Waals surface area (Å²) < 4.78 is 43.1. The number of hydrogen-bond donors (Lipinski definition) is 1. The smallest absolute Gasteiger partial charge is 0.490 e. The van der Waals surface area contributed by atoms with Gasteiger partial charge in [0.2, 0.25) is 5.91 Å². The van der Waals surface area contributed by atoms with Gasteiger partial charge in [-0.05, 0) is 38.1 Å². The molecule has 2 aliphatic heterocycles. The molecule has 1 aromatic rings. The lowest BCUT2D eigenvalue weighted by molar-refractivity contribution is -0.192. The van der Waals surface area contributed by atoms with E-state index < -0.39 is 12.1 Å². The van der Waals surface area contributed by atoms with Gasteiger partial charge in [0.1, 0.15) is 5.75 Å². The largest absolute Gasteiger partial charge is 0.494 e. The van der Waals surface area contributed by atoms with Crippen LogP contribution in [0.5, 0.6) is 5.75 Å². The van der Waals surface area contributed by atoms with E-state index in [4.69, 9.17) is 19.4 Å². The van der Waals surface area contributed by atoms with E-state index in [-0.39, 0.29) is 12.0 Å². The number of benzene rings is 1. The van der Waals surface area contributed by atoms with Crippen molar-refractivity contribution in [3.05, 3.63) is 29.8 Å². The molecule has 0 aromatic heterocycles. The van der Waals surface area contributed by atoms with Crippen molar-refractivity contribution < 1.29 is 37.3 Å². The topological polar surface area (TPSA) is 79.3 Å². The molecule has 2 fully saturated rings. The summed E-state index contributed by atoms with van der Waals surface area (Å²) in [5.41, 5.74) is 1.18. The second-order valence-electron chi connectivity index (χ2n) is 7.61. The van der Waals surface area contributed by atoms with Crippen LogP contribution in [0.1, 0.15) is 18.9 Å². The minimum atomic E-state index is -5.08. The zero-order chi connectivity index (χ0) is 23.0. The van der Waals surface area contributed by atoms with Gasteiger partial charge < -0.3 is 24.4 Å². The average molecular weight is 446 g/mol. The minimum Gasteiger partial charge on any atom is -0.494 e. The Labute approximate surface area is 179 Å². The summed E-state index contributed by atoms with van der Waals surface area (Å²) in [4.78, 5) is 25.7. The molecule has 7 nitrogen and oxygen atoms in total. The monoisotopic (exact) mass is 446 g/mol. The first-order chi connectivity index (χ1) is 14.6. The van der Waals surface area contributed by atoms with Crippen LogP contribution in [0.25, 0.3) is 0 Å². The molecule has 0 bridgehead atoms. The van der Waals surface area contributed by atoms with Crippen LogP contribution >= 0.6 is 0 Å². The molecule has 0 aliphatic carbocycles. The Kier molecular flexibility index (Phi) is 9.12. The molecule has 2 saturated heterocycles. The van der Waals surface area contributed by atoms with Gasteiger partial charge in [0.25, 0.3) is 0 Å². The Bertz CT molecular complexity index is 727. The van der Waals surface area contributed by atoms with Crippen LogP contribution in [0.3, 0.4) is 0 Å². The Hall–Kier alpha value is -2.33. The lowest BCUT2D eigenvalue weighted by Crippen LogP contribution is -2.32. The van der Waals surface area contributed by atoms with Crippen LogP contribution in [-0.2, 0) is 20.7 Å². The third-order valence-electron chi connectivity index (χ3n) is 5.19. The van der Waals surface area contributed by atoms with Crippen LogP contribution in [0.15, 0.2) is 24.3 Å². The predicted octanol–water partition coefficient (Wildman–Crippen LogP) is 2.44. The Morgan fingerprint density at radius 2 is 1.84 bits per heavy atom. The van der Waals surface area contributed by atoms with Gasteiger partial charge in [0, 0.05) is 38.5 Å². The molecule has 0 unspecified atom stereocenters. The molecule has 10 heteroatoms. The first-order valence-electron chi connectivity index (χ1n) is 10.2. The number of carbonyl (C=O) groups excluding carboxylic acids is 1. The van der Waals surface area contributed by atoms with Crippen molar-refractivity contribution in [2.45, 2.75) is 32.0 Å². The van der Waals surface area contributed by atoms with Gasteiger partial charge in [0.15, 0.2) is 0 Å². The maximum absolute atomic E-state index is 12.5. The number of alkyl halides is 3. The summed E-state index contributed by atoms with van der Waals surface area (Å²) in [6, 6.07) is 8.04. The van der Waals surface area contributed by atoms with Crippen LogP contribution in [0.4, 0.5) is 13.2 Å². The first kappa shape index (κ1) is 24.9. The van der Waals surface area contributed by atoms with Crippen molar-refractivity contribution in [3.63, 3.8) is 0 Å². The average Bonchev–Trinajstić information content (AvgIpc) is 3.01. The molecular formula is C21H29F3N2O5. The molecule has 0 spiro atoms. The van der Waals surface area contributed by atoms with Crippen molar-refractivity contribution >= 4 is 11.9 Å². The Morgan fingerprint density at radius 1 is 1.19 bits per heavy atom. The lowest BCUT2D eigenvalue weighted by Gasteiger charge is -2.19. The molecule has 0 radical (unpaired) electrons. The standard InChI is InChI=1S/C19H28N2O3.C2HF3O2/c1-3-23-17-7-4-15(5-8-17)6-9-19(22)21-13-16-12-20(2)10-11-24-18(16)14-21;3-2(4,5)1(6)7/h4-5,7-8,16,18H,3,6,9-14H2,1-2H3;(H,6,7)/t16-,18+;/m0./s1. The van der Waals surface area contributed by atoms with Crippen LogP contribution in [0, 0.1) is 5.92 Å². The lowest BCUT2D eigenvalue weighted by atomic mass is 10.1. The number of hydrogen-bond acceptors (Lipinski definition) is 5. The zero-order valence-corrected chi connectivity index (χ0v) is 17.7. The summed E-state index contributed by atoms with van der Waals surface area (Å²) >= 11 is 0. The number of rotatable bonds is 5. The number of aryl methyl sites for hydroxylation is 1. The fraction of sp³-hybridized carbons (Fsp3) is 0.619. The van der Waals surface area contributed by atoms with E-state index in [1.54, 1.807) is 0 Å². The molecule has 2 heterocycles. The molecular weight excluding hydrogens is 417 g/mol. The summed E-state index contributed by atoms with van der Waals surface area (Å²) in [6.45, 7) is 7.01. The van der Waals surface area contributed by atoms with E-state index >= 15 is 0 Å². The second kappa shape index (κ2) is 11.3. The highest BCUT2D eigenvalue weighted by molar-refractivity contribution is 5.77. The number of carboxylic acids is 1. The number of likely N-dealkylation sites (tertiary alicyclic amines) is 1. The van der Waals surface area contributed by atoms with E-state index in [9.17, 15) is 18.0 Å². The molecule has 1 amide bonds. The number of nitrogens with zero attached hydrogens (tertiary/aromatic N) is 2. The number of fused-ring (bicyclic) bond motifs is 1. The minimum absolute atomic E-state index is 0.212. The third-order valence-corrected chi connectivity index (χ3v) is 5.19. The molecule has 31 heavy (non-hydrogen) atoms. The van der Waals surface area contributed by atoms with Crippen molar-refractivity contribution in [1.82, 2.24) is 9.80 Å². The van der Waals surface area contributed by atoms with Crippen LogP contribution < -0.4 is 4.74 Å². The number of ether oxygens (including phenoxy) is 2. The summed E-state index contributed by atoms with van der Waals surface area (Å²) in [5.74, 6) is -1.18. The summed E-state index contributed by atoms with van der Waals surface area (Å²) in [7, 11) is 2.13. The quantitative estimate of drug-likeness (QED) is 0.749. The van der Waals surface area contributed by atoms with Gasteiger partial charge >= 0.3 is 12.1 Å². The van der Waals surface area contributed by atoms with E-state index in [0.717, 1.165) is 45.0 Å². The SMILES string of the molecule is CCOc1ccc(CCC(=O)N2C[C@@H]3CN(C)CCO[C@@H]3C2)cc1.O=C(O)C(F)(F)F. The summed E-state index contributed by atoms with van der Waals surface area (Å²) in [6.07, 6.45) is -3.54. The highest BCUT2D eigenvalue weighted by Gasteiger charge is 2.38. The normalized spacial score (nSPS) is 21.5. The van der Waals surface area contributed by atoms with E-state index in [1.807, 2.05) is 36.1 Å². The number of carboxylic acid groups (broad SMARTS) is 1. The van der Waals surface area contributed by atoms with Crippen molar-refractivity contribution in [2.75, 3.05) is 46.4 Å². The van der Waals surface area contributed by atoms with Crippen molar-refractivity contribution in [2.24, 2.45) is 5.92 Å². The van der Waals surface area contributed by atoms with Gasteiger partial charge in [-0.1, -0.05) is 12.1 Å². The van der Waals surface area contributed by atoms with Gasteiger partial charge in [-0.2, -0.15) is 13.2 Å². The maximum Gasteiger partial charge on any atom is 0.490 e. The molecule has 3 rings (SSSR count). The molecule has 1 N–H and O–H groups in total. The first-order valence-corrected chi connectivity index (χ1v) is 10.2. The zero-order valence-electron chi connectivity index (χ0n) is 17.7. The predicted molar refractivity (Wildman–Crippen MR) is 107 cm³/mol. The Balaban J connectivity index is 0.000000423. The summed E-state index contributed by atoms with van der Waals surface area (Å²) in [5, 5.41) is 7.12. The number of likely N-dealkylation sites (N-methyl/N-ethyl adjacent to an activating group) is 1. The fourth-order valence-electron chi connectivity index (χ4n) is 3.59. The molecule has 2 atom stereocenters. The number of halogens is 3. The van der Waals surface area contributed by atoms with Gasteiger partial charge in [-0.3, -0.25) is 4.79 Å². The van der Waals surface area contributed by atoms with E-state index in [0.29, 0.717) is 18.9 Å². The maximum atomic E-state index is 12.5. The molecule has 174 valence electrons. The molecule has 1 aromatic carbocycles. The Morgan fingerprint density at radius 3 is 2.42 bits per heavy atom. The third kappa shape index (κ3) is 8.02. The van der Waals surface area contributed by atoms with Crippen molar-refractivity contribution in [1.29, 1.82) is 0 Å². The van der Waals surface area contributed by atoms with Gasteiger partial charge in [0.05, 0.1) is 19.3 Å². The fourth-order valence-corrected chi connectivity index (χ4v) is 3.59. The van der Waals surface area contributed by atoms with E-state index in [1.165, 1.54) is 5.56 Å². The number of aliphatic carboxylic acids is 1. The van der Waals surface area contributed by atoms with Gasteiger partial charge in [-0.15, -0.1) is 0 Å². The highest BCUT2D eigenvalue weighted by Crippen LogP contribution is 2.24. The van der Waals surface area contributed by atoms with Crippen molar-refractivity contribution in [3.8, 4) is 5.75 Å². The van der Waals surface area contributed by atoms with E-state index in [2.05, 4.69) is 11.9 Å². The number of carbonyl (C=O) groups is 2. The van der Waals surface area contributed by atoms with Gasteiger partial charge in [-0.25, -0.2) is 4.79 Å². The highest BCUT2D eigenvalue weighted by atomic mass is 19.4. The van der Waals surface area contributed by atoms with Crippen LogP contribution in [-0.4, -0.2) is 85.5 Å². The molecule has 0 saturated carbocycles.